The molecule has 0 fully saturated rings. The predicted molar refractivity (Wildman–Crippen MR) is 74.8 cm³/mol. The predicted octanol–water partition coefficient (Wildman–Crippen LogP) is 2.88. The van der Waals surface area contributed by atoms with Crippen LogP contribution in [0.25, 0.3) is 0 Å². The van der Waals surface area contributed by atoms with Gasteiger partial charge >= 0.3 is 0 Å². The van der Waals surface area contributed by atoms with E-state index >= 15 is 0 Å². The van der Waals surface area contributed by atoms with Crippen molar-refractivity contribution in [3.63, 3.8) is 0 Å². The highest BCUT2D eigenvalue weighted by molar-refractivity contribution is 5.14. The second-order valence-electron chi connectivity index (χ2n) is 5.90. The lowest BCUT2D eigenvalue weighted by atomic mass is 9.95. The van der Waals surface area contributed by atoms with Crippen molar-refractivity contribution in [2.24, 2.45) is 11.1 Å². The van der Waals surface area contributed by atoms with Crippen LogP contribution in [0.2, 0.25) is 0 Å². The van der Waals surface area contributed by atoms with Crippen molar-refractivity contribution >= 4 is 0 Å². The van der Waals surface area contributed by atoms with Crippen LogP contribution >= 0.6 is 0 Å². The zero-order valence-electron chi connectivity index (χ0n) is 11.4. The third-order valence-electron chi connectivity index (χ3n) is 2.63. The Hall–Kier alpha value is -0.860. The Labute approximate surface area is 106 Å². The van der Waals surface area contributed by atoms with E-state index in [1.165, 1.54) is 5.56 Å². The SMILES string of the molecule is CC(C)(C)CN(CCCN)Cc1ccccc1. The number of nitrogens with zero attached hydrogens (tertiary/aromatic N) is 1. The molecular weight excluding hydrogens is 208 g/mol. The van der Waals surface area contributed by atoms with E-state index < -0.39 is 0 Å². The van der Waals surface area contributed by atoms with Gasteiger partial charge in [-0.1, -0.05) is 51.1 Å². The van der Waals surface area contributed by atoms with Crippen molar-refractivity contribution in [2.75, 3.05) is 19.6 Å². The fourth-order valence-corrected chi connectivity index (χ4v) is 2.04. The van der Waals surface area contributed by atoms with Crippen LogP contribution in [0.15, 0.2) is 30.3 Å². The number of hydrogen-bond acceptors (Lipinski definition) is 2. The van der Waals surface area contributed by atoms with Gasteiger partial charge in [-0.15, -0.1) is 0 Å². The van der Waals surface area contributed by atoms with Crippen molar-refractivity contribution in [3.05, 3.63) is 35.9 Å². The molecular formula is C15H26N2. The van der Waals surface area contributed by atoms with Gasteiger partial charge in [0.15, 0.2) is 0 Å². The molecule has 96 valence electrons. The zero-order valence-corrected chi connectivity index (χ0v) is 11.4. The zero-order chi connectivity index (χ0) is 12.7. The summed E-state index contributed by atoms with van der Waals surface area (Å²) in [6, 6.07) is 10.7. The average Bonchev–Trinajstić information content (AvgIpc) is 2.25. The monoisotopic (exact) mass is 234 g/mol. The van der Waals surface area contributed by atoms with E-state index in [9.17, 15) is 0 Å². The highest BCUT2D eigenvalue weighted by Gasteiger charge is 2.16. The molecule has 0 aromatic heterocycles. The first-order chi connectivity index (χ1) is 8.01. The largest absolute Gasteiger partial charge is 0.330 e. The van der Waals surface area contributed by atoms with Gasteiger partial charge in [0.25, 0.3) is 0 Å². The van der Waals surface area contributed by atoms with Crippen LogP contribution in [0, 0.1) is 5.41 Å². The van der Waals surface area contributed by atoms with Crippen LogP contribution in [0.1, 0.15) is 32.8 Å². The van der Waals surface area contributed by atoms with Gasteiger partial charge < -0.3 is 5.73 Å². The third-order valence-corrected chi connectivity index (χ3v) is 2.63. The molecule has 0 unspecified atom stereocenters. The molecule has 0 bridgehead atoms. The van der Waals surface area contributed by atoms with Gasteiger partial charge in [0, 0.05) is 13.1 Å². The summed E-state index contributed by atoms with van der Waals surface area (Å²) >= 11 is 0. The molecule has 2 heteroatoms. The summed E-state index contributed by atoms with van der Waals surface area (Å²) in [6.07, 6.45) is 1.07. The summed E-state index contributed by atoms with van der Waals surface area (Å²) in [7, 11) is 0. The number of rotatable bonds is 6. The normalized spacial score (nSPS) is 12.1. The lowest BCUT2D eigenvalue weighted by Gasteiger charge is -2.30. The highest BCUT2D eigenvalue weighted by atomic mass is 15.1. The van der Waals surface area contributed by atoms with Gasteiger partial charge in [-0.25, -0.2) is 0 Å². The fourth-order valence-electron chi connectivity index (χ4n) is 2.04. The van der Waals surface area contributed by atoms with Crippen molar-refractivity contribution in [3.8, 4) is 0 Å². The Morgan fingerprint density at radius 3 is 2.29 bits per heavy atom. The van der Waals surface area contributed by atoms with Crippen LogP contribution < -0.4 is 5.73 Å². The maximum atomic E-state index is 5.61. The van der Waals surface area contributed by atoms with Crippen LogP contribution in [-0.4, -0.2) is 24.5 Å². The molecule has 1 rings (SSSR count). The lowest BCUT2D eigenvalue weighted by Crippen LogP contribution is -2.33. The smallest absolute Gasteiger partial charge is 0.0233 e. The first kappa shape index (κ1) is 14.2. The number of nitrogens with two attached hydrogens (primary N) is 1. The molecule has 0 amide bonds. The van der Waals surface area contributed by atoms with E-state index in [4.69, 9.17) is 5.73 Å². The third kappa shape index (κ3) is 6.44. The first-order valence-corrected chi connectivity index (χ1v) is 6.47. The Bertz CT molecular complexity index is 300. The average molecular weight is 234 g/mol. The van der Waals surface area contributed by atoms with Gasteiger partial charge in [-0.05, 0) is 30.5 Å². The fraction of sp³-hybridized carbons (Fsp3) is 0.600. The van der Waals surface area contributed by atoms with E-state index in [-0.39, 0.29) is 0 Å². The minimum Gasteiger partial charge on any atom is -0.330 e. The maximum Gasteiger partial charge on any atom is 0.0233 e. The van der Waals surface area contributed by atoms with E-state index in [1.54, 1.807) is 0 Å². The standard InChI is InChI=1S/C15H26N2/c1-15(2,3)13-17(11-7-10-16)12-14-8-5-4-6-9-14/h4-6,8-9H,7,10-13,16H2,1-3H3. The quantitative estimate of drug-likeness (QED) is 0.820. The molecule has 1 aromatic rings. The molecule has 0 saturated heterocycles. The molecule has 0 aliphatic heterocycles. The van der Waals surface area contributed by atoms with Crippen LogP contribution in [0.4, 0.5) is 0 Å². The first-order valence-electron chi connectivity index (χ1n) is 6.47. The molecule has 0 atom stereocenters. The molecule has 0 aliphatic rings. The number of hydrogen-bond donors (Lipinski definition) is 1. The van der Waals surface area contributed by atoms with Crippen LogP contribution in [0.5, 0.6) is 0 Å². The van der Waals surface area contributed by atoms with E-state index in [1.807, 2.05) is 0 Å². The highest BCUT2D eigenvalue weighted by Crippen LogP contribution is 2.17. The summed E-state index contributed by atoms with van der Waals surface area (Å²) < 4.78 is 0. The molecule has 1 aromatic carbocycles. The Morgan fingerprint density at radius 1 is 1.12 bits per heavy atom. The van der Waals surface area contributed by atoms with E-state index in [0.717, 1.165) is 32.6 Å². The van der Waals surface area contributed by atoms with Crippen molar-refractivity contribution in [2.45, 2.75) is 33.7 Å². The van der Waals surface area contributed by atoms with Gasteiger partial charge in [0.05, 0.1) is 0 Å². The molecule has 0 saturated carbocycles. The van der Waals surface area contributed by atoms with Gasteiger partial charge in [0.2, 0.25) is 0 Å². The van der Waals surface area contributed by atoms with E-state index in [2.05, 4.69) is 56.0 Å². The van der Waals surface area contributed by atoms with Gasteiger partial charge in [0.1, 0.15) is 0 Å². The Kier molecular flexibility index (Phi) is 5.66. The topological polar surface area (TPSA) is 29.3 Å². The molecule has 0 spiro atoms. The maximum absolute atomic E-state index is 5.61. The molecule has 0 aliphatic carbocycles. The summed E-state index contributed by atoms with van der Waals surface area (Å²) in [4.78, 5) is 2.50. The minimum atomic E-state index is 0.337. The lowest BCUT2D eigenvalue weighted by molar-refractivity contribution is 0.183. The molecule has 0 radical (unpaired) electrons. The molecule has 17 heavy (non-hydrogen) atoms. The van der Waals surface area contributed by atoms with Crippen LogP contribution in [0.3, 0.4) is 0 Å². The Morgan fingerprint density at radius 2 is 1.76 bits per heavy atom. The minimum absolute atomic E-state index is 0.337. The summed E-state index contributed by atoms with van der Waals surface area (Å²) in [5, 5.41) is 0. The second kappa shape index (κ2) is 6.77. The number of benzene rings is 1. The summed E-state index contributed by atoms with van der Waals surface area (Å²) in [5.74, 6) is 0. The van der Waals surface area contributed by atoms with Crippen molar-refractivity contribution in [1.82, 2.24) is 4.90 Å². The van der Waals surface area contributed by atoms with Gasteiger partial charge in [-0.3, -0.25) is 4.90 Å². The molecule has 2 N–H and O–H groups in total. The summed E-state index contributed by atoms with van der Waals surface area (Å²) in [6.45, 7) is 10.9. The Balaban J connectivity index is 2.57. The van der Waals surface area contributed by atoms with Crippen molar-refractivity contribution in [1.29, 1.82) is 0 Å². The van der Waals surface area contributed by atoms with Crippen LogP contribution in [-0.2, 0) is 6.54 Å². The van der Waals surface area contributed by atoms with E-state index in [0.29, 0.717) is 5.41 Å². The molecule has 0 heterocycles. The van der Waals surface area contributed by atoms with Crippen molar-refractivity contribution < 1.29 is 0 Å². The summed E-state index contributed by atoms with van der Waals surface area (Å²) in [5.41, 5.74) is 7.33. The molecule has 2 nitrogen and oxygen atoms in total. The van der Waals surface area contributed by atoms with Gasteiger partial charge in [-0.2, -0.15) is 0 Å². The second-order valence-corrected chi connectivity index (χ2v) is 5.90.